The Morgan fingerprint density at radius 3 is 1.39 bits per heavy atom. The summed E-state index contributed by atoms with van der Waals surface area (Å²) in [4.78, 5) is 2.32. The highest BCUT2D eigenvalue weighted by Gasteiger charge is 2.11. The van der Waals surface area contributed by atoms with Crippen molar-refractivity contribution >= 4 is 17.1 Å². The molecule has 158 valence electrons. The summed E-state index contributed by atoms with van der Waals surface area (Å²) in [5.74, 6) is 0. The molecule has 0 N–H and O–H groups in total. The number of benzene rings is 4. The van der Waals surface area contributed by atoms with E-state index in [0.29, 0.717) is 0 Å². The van der Waals surface area contributed by atoms with Crippen LogP contribution in [0, 0.1) is 13.8 Å². The van der Waals surface area contributed by atoms with Gasteiger partial charge in [-0.05, 0) is 80.6 Å². The average Bonchev–Trinajstić information content (AvgIpc) is 2.78. The molecule has 0 spiro atoms. The number of rotatable bonds is 7. The van der Waals surface area contributed by atoms with Crippen LogP contribution in [-0.4, -0.2) is 0 Å². The molecule has 0 radical (unpaired) electrons. The molecule has 0 saturated carbocycles. The van der Waals surface area contributed by atoms with E-state index >= 15 is 0 Å². The fraction of sp³-hybridized carbons (Fsp3) is 0.200. The van der Waals surface area contributed by atoms with Gasteiger partial charge in [0, 0.05) is 17.1 Å². The Balaban J connectivity index is 0.00000272. The fourth-order valence-corrected chi connectivity index (χ4v) is 3.78. The van der Waals surface area contributed by atoms with E-state index in [2.05, 4.69) is 122 Å². The predicted molar refractivity (Wildman–Crippen MR) is 136 cm³/mol. The highest BCUT2D eigenvalue weighted by molar-refractivity contribution is 5.76. The molecule has 0 bridgehead atoms. The predicted octanol–water partition coefficient (Wildman–Crippen LogP) is 8.58. The van der Waals surface area contributed by atoms with Gasteiger partial charge in [-0.3, -0.25) is 0 Å². The Bertz CT molecular complexity index is 1050. The number of para-hydroxylation sites is 1. The summed E-state index contributed by atoms with van der Waals surface area (Å²) in [5.41, 5.74) is 8.95. The van der Waals surface area contributed by atoms with Crippen LogP contribution < -0.4 is 4.90 Å². The molecule has 0 atom stereocenters. The fourth-order valence-electron chi connectivity index (χ4n) is 3.78. The molecule has 1 heteroatoms. The number of hydrogen-bond donors (Lipinski definition) is 0. The SMILES string of the molecule is C.Cc1ccc(CCCc2ccc(N(c3ccccc3)c3ccc(C)cc3)cc2)cc1. The van der Waals surface area contributed by atoms with Crippen LogP contribution in [0.25, 0.3) is 0 Å². The first-order chi connectivity index (χ1) is 14.7. The molecule has 1 nitrogen and oxygen atoms in total. The lowest BCUT2D eigenvalue weighted by molar-refractivity contribution is 0.820. The second-order valence-corrected chi connectivity index (χ2v) is 8.01. The first-order valence-corrected chi connectivity index (χ1v) is 10.8. The molecule has 0 amide bonds. The molecule has 0 aromatic heterocycles. The molecule has 0 aliphatic carbocycles. The smallest absolute Gasteiger partial charge is 0.0461 e. The van der Waals surface area contributed by atoms with Crippen LogP contribution in [0.2, 0.25) is 0 Å². The topological polar surface area (TPSA) is 3.24 Å². The van der Waals surface area contributed by atoms with Gasteiger partial charge in [0.25, 0.3) is 0 Å². The zero-order valence-electron chi connectivity index (χ0n) is 17.9. The lowest BCUT2D eigenvalue weighted by Crippen LogP contribution is -2.09. The Morgan fingerprint density at radius 1 is 0.484 bits per heavy atom. The van der Waals surface area contributed by atoms with Crippen molar-refractivity contribution in [3.63, 3.8) is 0 Å². The van der Waals surface area contributed by atoms with Crippen LogP contribution in [0.1, 0.15) is 36.1 Å². The Hall–Kier alpha value is -3.32. The number of nitrogens with zero attached hydrogens (tertiary/aromatic N) is 1. The lowest BCUT2D eigenvalue weighted by atomic mass is 10.0. The molecule has 0 aliphatic heterocycles. The Morgan fingerprint density at radius 2 is 0.871 bits per heavy atom. The minimum absolute atomic E-state index is 0. The highest BCUT2D eigenvalue weighted by atomic mass is 15.1. The van der Waals surface area contributed by atoms with Crippen molar-refractivity contribution in [1.82, 2.24) is 0 Å². The van der Waals surface area contributed by atoms with Gasteiger partial charge in [0.15, 0.2) is 0 Å². The van der Waals surface area contributed by atoms with Gasteiger partial charge < -0.3 is 4.90 Å². The molecule has 4 aromatic rings. The quantitative estimate of drug-likeness (QED) is 0.296. The summed E-state index contributed by atoms with van der Waals surface area (Å²) in [6, 6.07) is 37.2. The molecule has 0 unspecified atom stereocenters. The summed E-state index contributed by atoms with van der Waals surface area (Å²) in [6.45, 7) is 4.27. The molecular weight excluding hydrogens is 374 g/mol. The molecular formula is C30H33N. The van der Waals surface area contributed by atoms with Crippen molar-refractivity contribution < 1.29 is 0 Å². The van der Waals surface area contributed by atoms with E-state index in [0.717, 1.165) is 12.8 Å². The summed E-state index contributed by atoms with van der Waals surface area (Å²) in [7, 11) is 0. The van der Waals surface area contributed by atoms with Crippen LogP contribution in [-0.2, 0) is 12.8 Å². The van der Waals surface area contributed by atoms with Gasteiger partial charge in [0.1, 0.15) is 0 Å². The highest BCUT2D eigenvalue weighted by Crippen LogP contribution is 2.34. The van der Waals surface area contributed by atoms with E-state index < -0.39 is 0 Å². The van der Waals surface area contributed by atoms with E-state index in [1.165, 1.54) is 45.7 Å². The van der Waals surface area contributed by atoms with Crippen molar-refractivity contribution in [3.8, 4) is 0 Å². The van der Waals surface area contributed by atoms with Gasteiger partial charge in [0.05, 0.1) is 0 Å². The standard InChI is InChI=1S/C29H29N.CH4/c1-23-11-15-25(16-12-23)7-6-8-26-17-21-29(22-18-26)30(27-9-4-3-5-10-27)28-19-13-24(2)14-20-28;/h3-5,9-22H,6-8H2,1-2H3;1H4. The summed E-state index contributed by atoms with van der Waals surface area (Å²) < 4.78 is 0. The van der Waals surface area contributed by atoms with Gasteiger partial charge in [-0.15, -0.1) is 0 Å². The van der Waals surface area contributed by atoms with Crippen molar-refractivity contribution in [1.29, 1.82) is 0 Å². The minimum Gasteiger partial charge on any atom is -0.311 e. The first-order valence-electron chi connectivity index (χ1n) is 10.8. The normalized spacial score (nSPS) is 10.4. The van der Waals surface area contributed by atoms with Gasteiger partial charge in [-0.25, -0.2) is 0 Å². The van der Waals surface area contributed by atoms with E-state index in [1.54, 1.807) is 0 Å². The van der Waals surface area contributed by atoms with Crippen molar-refractivity contribution in [2.24, 2.45) is 0 Å². The van der Waals surface area contributed by atoms with Crippen LogP contribution >= 0.6 is 0 Å². The maximum atomic E-state index is 2.32. The summed E-state index contributed by atoms with van der Waals surface area (Å²) in [6.07, 6.45) is 3.40. The van der Waals surface area contributed by atoms with E-state index in [4.69, 9.17) is 0 Å². The second kappa shape index (κ2) is 10.6. The average molecular weight is 408 g/mol. The molecule has 4 rings (SSSR count). The molecule has 0 fully saturated rings. The third-order valence-corrected chi connectivity index (χ3v) is 5.55. The van der Waals surface area contributed by atoms with Gasteiger partial charge >= 0.3 is 0 Å². The van der Waals surface area contributed by atoms with Gasteiger partial charge in [0.2, 0.25) is 0 Å². The van der Waals surface area contributed by atoms with Gasteiger partial charge in [-0.2, -0.15) is 0 Å². The second-order valence-electron chi connectivity index (χ2n) is 8.01. The van der Waals surface area contributed by atoms with Crippen molar-refractivity contribution in [2.45, 2.75) is 40.5 Å². The minimum atomic E-state index is 0. The first kappa shape index (κ1) is 22.4. The van der Waals surface area contributed by atoms with Crippen LogP contribution in [0.15, 0.2) is 103 Å². The molecule has 0 aliphatic rings. The van der Waals surface area contributed by atoms with Crippen molar-refractivity contribution in [2.75, 3.05) is 4.90 Å². The third-order valence-electron chi connectivity index (χ3n) is 5.55. The maximum Gasteiger partial charge on any atom is 0.0461 e. The Kier molecular flexibility index (Phi) is 7.67. The summed E-state index contributed by atoms with van der Waals surface area (Å²) in [5, 5.41) is 0. The number of hydrogen-bond acceptors (Lipinski definition) is 1. The van der Waals surface area contributed by atoms with E-state index in [-0.39, 0.29) is 7.43 Å². The molecule has 0 saturated heterocycles. The molecule has 31 heavy (non-hydrogen) atoms. The number of aryl methyl sites for hydroxylation is 4. The maximum absolute atomic E-state index is 2.32. The zero-order valence-corrected chi connectivity index (χ0v) is 17.9. The Labute approximate surface area is 188 Å². The monoisotopic (exact) mass is 407 g/mol. The van der Waals surface area contributed by atoms with Crippen molar-refractivity contribution in [3.05, 3.63) is 125 Å². The molecule has 4 aromatic carbocycles. The summed E-state index contributed by atoms with van der Waals surface area (Å²) >= 11 is 0. The van der Waals surface area contributed by atoms with Gasteiger partial charge in [-0.1, -0.05) is 85.3 Å². The zero-order chi connectivity index (χ0) is 20.8. The van der Waals surface area contributed by atoms with E-state index in [1.807, 2.05) is 0 Å². The van der Waals surface area contributed by atoms with Crippen LogP contribution in [0.3, 0.4) is 0 Å². The van der Waals surface area contributed by atoms with Crippen LogP contribution in [0.5, 0.6) is 0 Å². The largest absolute Gasteiger partial charge is 0.311 e. The lowest BCUT2D eigenvalue weighted by Gasteiger charge is -2.25. The van der Waals surface area contributed by atoms with Crippen LogP contribution in [0.4, 0.5) is 17.1 Å². The molecule has 0 heterocycles. The third kappa shape index (κ3) is 5.86. The van der Waals surface area contributed by atoms with E-state index in [9.17, 15) is 0 Å². The number of anilines is 3.